The molecule has 0 saturated heterocycles. The summed E-state index contributed by atoms with van der Waals surface area (Å²) in [5.74, 6) is 1.63. The standard InChI is InChI=1S/C12H15ClN4O2/c13-10-11(14)16-8-17-12(10)15-4-2-5-18-7-9-3-1-6-19-9/h1,3,6,8H,2,4-5,7H2,(H3,14,15,16,17). The smallest absolute Gasteiger partial charge is 0.150 e. The molecule has 0 spiro atoms. The lowest BCUT2D eigenvalue weighted by Crippen LogP contribution is -2.08. The van der Waals surface area contributed by atoms with E-state index in [4.69, 9.17) is 26.5 Å². The Labute approximate surface area is 115 Å². The van der Waals surface area contributed by atoms with Crippen molar-refractivity contribution in [2.45, 2.75) is 13.0 Å². The van der Waals surface area contributed by atoms with Crippen LogP contribution in [0.2, 0.25) is 5.02 Å². The molecular formula is C12H15ClN4O2. The zero-order valence-corrected chi connectivity index (χ0v) is 11.1. The normalized spacial score (nSPS) is 10.6. The minimum atomic E-state index is 0.272. The molecule has 0 aliphatic carbocycles. The molecule has 0 aliphatic rings. The van der Waals surface area contributed by atoms with Gasteiger partial charge in [-0.05, 0) is 18.6 Å². The number of halogens is 1. The molecule has 0 aromatic carbocycles. The Morgan fingerprint density at radius 1 is 1.42 bits per heavy atom. The van der Waals surface area contributed by atoms with Crippen LogP contribution < -0.4 is 11.1 Å². The van der Waals surface area contributed by atoms with Crippen LogP contribution in [-0.2, 0) is 11.3 Å². The summed E-state index contributed by atoms with van der Waals surface area (Å²) < 4.78 is 10.6. The predicted molar refractivity (Wildman–Crippen MR) is 72.9 cm³/mol. The molecular weight excluding hydrogens is 268 g/mol. The van der Waals surface area contributed by atoms with Crippen LogP contribution in [0.15, 0.2) is 29.1 Å². The van der Waals surface area contributed by atoms with Gasteiger partial charge < -0.3 is 20.2 Å². The third-order valence-corrected chi connectivity index (χ3v) is 2.77. The van der Waals surface area contributed by atoms with Crippen molar-refractivity contribution in [1.82, 2.24) is 9.97 Å². The van der Waals surface area contributed by atoms with Gasteiger partial charge in [0.25, 0.3) is 0 Å². The van der Waals surface area contributed by atoms with Gasteiger partial charge in [0.15, 0.2) is 0 Å². The summed E-state index contributed by atoms with van der Waals surface area (Å²) in [6.45, 7) is 1.79. The number of ether oxygens (including phenoxy) is 1. The molecule has 0 atom stereocenters. The van der Waals surface area contributed by atoms with E-state index in [2.05, 4.69) is 15.3 Å². The second-order valence-electron chi connectivity index (χ2n) is 3.83. The number of nitrogens with zero attached hydrogens (tertiary/aromatic N) is 2. The number of nitrogens with two attached hydrogens (primary N) is 1. The first kappa shape index (κ1) is 13.6. The Morgan fingerprint density at radius 3 is 3.11 bits per heavy atom. The third-order valence-electron chi connectivity index (χ3n) is 2.40. The Bertz CT molecular complexity index is 504. The lowest BCUT2D eigenvalue weighted by molar-refractivity contribution is 0.106. The van der Waals surface area contributed by atoms with Crippen LogP contribution in [0.3, 0.4) is 0 Å². The number of nitrogen functional groups attached to an aromatic ring is 1. The Kier molecular flexibility index (Phi) is 5.00. The summed E-state index contributed by atoms with van der Waals surface area (Å²) in [5, 5.41) is 3.43. The van der Waals surface area contributed by atoms with Crippen LogP contribution in [-0.4, -0.2) is 23.1 Å². The molecule has 2 aromatic heterocycles. The van der Waals surface area contributed by atoms with E-state index >= 15 is 0 Å². The SMILES string of the molecule is Nc1ncnc(NCCCOCc2ccco2)c1Cl. The highest BCUT2D eigenvalue weighted by atomic mass is 35.5. The Balaban J connectivity index is 1.63. The molecule has 0 amide bonds. The highest BCUT2D eigenvalue weighted by Crippen LogP contribution is 2.22. The topological polar surface area (TPSA) is 86.2 Å². The van der Waals surface area contributed by atoms with E-state index in [1.165, 1.54) is 6.33 Å². The van der Waals surface area contributed by atoms with Crippen LogP contribution in [0.4, 0.5) is 11.6 Å². The number of rotatable bonds is 7. The van der Waals surface area contributed by atoms with Crippen molar-refractivity contribution in [1.29, 1.82) is 0 Å². The van der Waals surface area contributed by atoms with Crippen molar-refractivity contribution in [3.8, 4) is 0 Å². The number of hydrogen-bond acceptors (Lipinski definition) is 6. The summed E-state index contributed by atoms with van der Waals surface area (Å²) in [6, 6.07) is 3.71. The maximum atomic E-state index is 5.94. The van der Waals surface area contributed by atoms with E-state index in [-0.39, 0.29) is 5.82 Å². The van der Waals surface area contributed by atoms with Crippen molar-refractivity contribution in [3.05, 3.63) is 35.5 Å². The van der Waals surface area contributed by atoms with Crippen molar-refractivity contribution >= 4 is 23.2 Å². The largest absolute Gasteiger partial charge is 0.467 e. The summed E-state index contributed by atoms with van der Waals surface area (Å²) in [4.78, 5) is 7.79. The van der Waals surface area contributed by atoms with Gasteiger partial charge in [0.2, 0.25) is 0 Å². The first-order chi connectivity index (χ1) is 9.27. The van der Waals surface area contributed by atoms with E-state index in [0.29, 0.717) is 30.6 Å². The molecule has 0 saturated carbocycles. The minimum Gasteiger partial charge on any atom is -0.467 e. The van der Waals surface area contributed by atoms with Crippen LogP contribution in [0.1, 0.15) is 12.2 Å². The van der Waals surface area contributed by atoms with Crippen molar-refractivity contribution in [3.63, 3.8) is 0 Å². The van der Waals surface area contributed by atoms with Crippen LogP contribution in [0.5, 0.6) is 0 Å². The first-order valence-corrected chi connectivity index (χ1v) is 6.25. The fourth-order valence-electron chi connectivity index (χ4n) is 1.46. The average molecular weight is 283 g/mol. The van der Waals surface area contributed by atoms with E-state index in [1.807, 2.05) is 12.1 Å². The highest BCUT2D eigenvalue weighted by molar-refractivity contribution is 6.35. The van der Waals surface area contributed by atoms with Crippen LogP contribution >= 0.6 is 11.6 Å². The van der Waals surface area contributed by atoms with Crippen molar-refractivity contribution in [2.75, 3.05) is 24.2 Å². The summed E-state index contributed by atoms with van der Waals surface area (Å²) in [5.41, 5.74) is 5.57. The zero-order chi connectivity index (χ0) is 13.5. The number of furan rings is 1. The fourth-order valence-corrected chi connectivity index (χ4v) is 1.62. The van der Waals surface area contributed by atoms with Gasteiger partial charge >= 0.3 is 0 Å². The number of anilines is 2. The first-order valence-electron chi connectivity index (χ1n) is 5.87. The van der Waals surface area contributed by atoms with Gasteiger partial charge in [-0.25, -0.2) is 9.97 Å². The molecule has 2 aromatic rings. The molecule has 6 nitrogen and oxygen atoms in total. The van der Waals surface area contributed by atoms with Gasteiger partial charge in [0.05, 0.1) is 6.26 Å². The zero-order valence-electron chi connectivity index (χ0n) is 10.3. The monoisotopic (exact) mass is 282 g/mol. The van der Waals surface area contributed by atoms with Gasteiger partial charge in [0, 0.05) is 13.2 Å². The molecule has 3 N–H and O–H groups in total. The van der Waals surface area contributed by atoms with Gasteiger partial charge in [0.1, 0.15) is 35.4 Å². The Morgan fingerprint density at radius 2 is 2.32 bits per heavy atom. The summed E-state index contributed by atoms with van der Waals surface area (Å²) in [6.07, 6.45) is 3.82. The maximum absolute atomic E-state index is 5.94. The third kappa shape index (κ3) is 4.11. The molecule has 2 heterocycles. The van der Waals surface area contributed by atoms with E-state index in [1.54, 1.807) is 6.26 Å². The molecule has 0 bridgehead atoms. The number of hydrogen-bond donors (Lipinski definition) is 2. The minimum absolute atomic E-state index is 0.272. The van der Waals surface area contributed by atoms with Gasteiger partial charge in [-0.15, -0.1) is 0 Å². The van der Waals surface area contributed by atoms with E-state index < -0.39 is 0 Å². The molecule has 7 heteroatoms. The summed E-state index contributed by atoms with van der Waals surface area (Å²) >= 11 is 5.94. The lowest BCUT2D eigenvalue weighted by Gasteiger charge is -2.08. The molecule has 19 heavy (non-hydrogen) atoms. The molecule has 0 unspecified atom stereocenters. The molecule has 0 fully saturated rings. The average Bonchev–Trinajstić information content (AvgIpc) is 2.91. The molecule has 2 rings (SSSR count). The maximum Gasteiger partial charge on any atom is 0.150 e. The fraction of sp³-hybridized carbons (Fsp3) is 0.333. The van der Waals surface area contributed by atoms with Gasteiger partial charge in [-0.2, -0.15) is 0 Å². The lowest BCUT2D eigenvalue weighted by atomic mass is 10.4. The van der Waals surface area contributed by atoms with Gasteiger partial charge in [-0.1, -0.05) is 11.6 Å². The summed E-state index contributed by atoms with van der Waals surface area (Å²) in [7, 11) is 0. The number of aromatic nitrogens is 2. The van der Waals surface area contributed by atoms with E-state index in [9.17, 15) is 0 Å². The number of nitrogens with one attached hydrogen (secondary N) is 1. The van der Waals surface area contributed by atoms with Crippen molar-refractivity contribution < 1.29 is 9.15 Å². The molecule has 0 aliphatic heterocycles. The molecule has 102 valence electrons. The van der Waals surface area contributed by atoms with Crippen molar-refractivity contribution in [2.24, 2.45) is 0 Å². The predicted octanol–water partition coefficient (Wildman–Crippen LogP) is 2.32. The quantitative estimate of drug-likeness (QED) is 0.758. The molecule has 0 radical (unpaired) electrons. The van der Waals surface area contributed by atoms with Crippen LogP contribution in [0.25, 0.3) is 0 Å². The highest BCUT2D eigenvalue weighted by Gasteiger charge is 2.05. The van der Waals surface area contributed by atoms with Crippen LogP contribution in [0, 0.1) is 0 Å². The Hall–Kier alpha value is -1.79. The second-order valence-corrected chi connectivity index (χ2v) is 4.21. The second kappa shape index (κ2) is 6.96. The van der Waals surface area contributed by atoms with E-state index in [0.717, 1.165) is 12.2 Å². The van der Waals surface area contributed by atoms with Gasteiger partial charge in [-0.3, -0.25) is 0 Å².